The SMILES string of the molecule is CC(C)c1cnnc(Nc2ccc3ncc(N4CCC(C(F)F)C4)cc3n2)c1. The minimum Gasteiger partial charge on any atom is -0.370 e. The molecule has 6 nitrogen and oxygen atoms in total. The van der Waals surface area contributed by atoms with Crippen LogP contribution in [-0.2, 0) is 0 Å². The van der Waals surface area contributed by atoms with Gasteiger partial charge >= 0.3 is 0 Å². The maximum atomic E-state index is 12.9. The van der Waals surface area contributed by atoms with E-state index in [4.69, 9.17) is 0 Å². The van der Waals surface area contributed by atoms with E-state index in [1.165, 1.54) is 0 Å². The molecule has 3 aromatic heterocycles. The highest BCUT2D eigenvalue weighted by molar-refractivity contribution is 5.80. The normalized spacial score (nSPS) is 17.1. The zero-order chi connectivity index (χ0) is 19.7. The molecule has 28 heavy (non-hydrogen) atoms. The fraction of sp³-hybridized carbons (Fsp3) is 0.400. The van der Waals surface area contributed by atoms with Crippen molar-refractivity contribution in [2.75, 3.05) is 23.3 Å². The van der Waals surface area contributed by atoms with Gasteiger partial charge in [0.05, 0.1) is 29.1 Å². The Morgan fingerprint density at radius 1 is 1.11 bits per heavy atom. The van der Waals surface area contributed by atoms with Gasteiger partial charge < -0.3 is 10.2 Å². The highest BCUT2D eigenvalue weighted by atomic mass is 19.3. The van der Waals surface area contributed by atoms with E-state index in [1.807, 2.05) is 29.2 Å². The number of hydrogen-bond acceptors (Lipinski definition) is 6. The second-order valence-corrected chi connectivity index (χ2v) is 7.41. The van der Waals surface area contributed by atoms with E-state index in [0.29, 0.717) is 42.6 Å². The number of halogens is 2. The van der Waals surface area contributed by atoms with Gasteiger partial charge in [0.1, 0.15) is 5.82 Å². The van der Waals surface area contributed by atoms with Crippen LogP contribution in [0.1, 0.15) is 31.7 Å². The average Bonchev–Trinajstić information content (AvgIpc) is 3.18. The molecule has 1 aliphatic rings. The van der Waals surface area contributed by atoms with Crippen LogP contribution in [0.4, 0.5) is 26.1 Å². The van der Waals surface area contributed by atoms with Crippen LogP contribution in [0.15, 0.2) is 36.7 Å². The molecule has 0 bridgehead atoms. The summed E-state index contributed by atoms with van der Waals surface area (Å²) >= 11 is 0. The third-order valence-electron chi connectivity index (χ3n) is 5.07. The van der Waals surface area contributed by atoms with Gasteiger partial charge in [-0.05, 0) is 42.2 Å². The Balaban J connectivity index is 1.57. The zero-order valence-electron chi connectivity index (χ0n) is 15.8. The first-order valence-electron chi connectivity index (χ1n) is 9.39. The van der Waals surface area contributed by atoms with Crippen LogP contribution in [0.25, 0.3) is 11.0 Å². The molecule has 8 heteroatoms. The lowest BCUT2D eigenvalue weighted by Gasteiger charge is -2.18. The first kappa shape index (κ1) is 18.5. The Morgan fingerprint density at radius 2 is 1.96 bits per heavy atom. The summed E-state index contributed by atoms with van der Waals surface area (Å²) in [7, 11) is 0. The maximum Gasteiger partial charge on any atom is 0.243 e. The Hall–Kier alpha value is -2.90. The predicted molar refractivity (Wildman–Crippen MR) is 105 cm³/mol. The standard InChI is InChI=1S/C20H22F2N6/c1-12(2)14-7-19(27-24-9-14)26-18-4-3-16-17(25-18)8-15(10-23-16)28-6-5-13(11-28)20(21)22/h3-4,7-10,12-13,20H,5-6,11H2,1-2H3,(H,25,26,27). The summed E-state index contributed by atoms with van der Waals surface area (Å²) < 4.78 is 25.9. The predicted octanol–water partition coefficient (Wildman–Crippen LogP) is 4.38. The lowest BCUT2D eigenvalue weighted by atomic mass is 10.1. The van der Waals surface area contributed by atoms with Crippen molar-refractivity contribution < 1.29 is 8.78 Å². The molecule has 1 atom stereocenters. The van der Waals surface area contributed by atoms with E-state index in [9.17, 15) is 8.78 Å². The Kier molecular flexibility index (Phi) is 5.02. The molecule has 3 aromatic rings. The van der Waals surface area contributed by atoms with Crippen LogP contribution >= 0.6 is 0 Å². The Morgan fingerprint density at radius 3 is 2.71 bits per heavy atom. The van der Waals surface area contributed by atoms with Crippen molar-refractivity contribution in [1.82, 2.24) is 20.2 Å². The number of aromatic nitrogens is 4. The van der Waals surface area contributed by atoms with Gasteiger partial charge in [0.2, 0.25) is 6.43 Å². The summed E-state index contributed by atoms with van der Waals surface area (Å²) in [6, 6.07) is 7.56. The molecule has 1 unspecified atom stereocenters. The van der Waals surface area contributed by atoms with E-state index in [2.05, 4.69) is 39.3 Å². The number of anilines is 3. The lowest BCUT2D eigenvalue weighted by molar-refractivity contribution is 0.0880. The van der Waals surface area contributed by atoms with Crippen molar-refractivity contribution in [3.8, 4) is 0 Å². The van der Waals surface area contributed by atoms with Crippen LogP contribution in [0.3, 0.4) is 0 Å². The number of nitrogens with zero attached hydrogens (tertiary/aromatic N) is 5. The first-order chi connectivity index (χ1) is 13.5. The Bertz CT molecular complexity index is 978. The van der Waals surface area contributed by atoms with Crippen molar-refractivity contribution in [2.45, 2.75) is 32.6 Å². The molecule has 1 saturated heterocycles. The summed E-state index contributed by atoms with van der Waals surface area (Å²) in [5.74, 6) is 1.03. The molecule has 0 spiro atoms. The zero-order valence-corrected chi connectivity index (χ0v) is 15.8. The van der Waals surface area contributed by atoms with Gasteiger partial charge in [-0.25, -0.2) is 13.8 Å². The van der Waals surface area contributed by atoms with Crippen molar-refractivity contribution >= 4 is 28.4 Å². The minimum atomic E-state index is -2.28. The molecule has 0 amide bonds. The second kappa shape index (κ2) is 7.61. The molecule has 1 N–H and O–H groups in total. The van der Waals surface area contributed by atoms with E-state index >= 15 is 0 Å². The third kappa shape index (κ3) is 3.85. The highest BCUT2D eigenvalue weighted by Gasteiger charge is 2.29. The molecular formula is C20H22F2N6. The summed E-state index contributed by atoms with van der Waals surface area (Å²) in [5.41, 5.74) is 3.36. The van der Waals surface area contributed by atoms with Crippen LogP contribution in [0.2, 0.25) is 0 Å². The van der Waals surface area contributed by atoms with Gasteiger partial charge in [0.15, 0.2) is 5.82 Å². The quantitative estimate of drug-likeness (QED) is 0.704. The minimum absolute atomic E-state index is 0.348. The van der Waals surface area contributed by atoms with Gasteiger partial charge in [-0.1, -0.05) is 13.8 Å². The van der Waals surface area contributed by atoms with Crippen LogP contribution < -0.4 is 10.2 Å². The number of alkyl halides is 2. The van der Waals surface area contributed by atoms with Crippen LogP contribution in [0, 0.1) is 5.92 Å². The van der Waals surface area contributed by atoms with Crippen LogP contribution in [-0.4, -0.2) is 39.7 Å². The van der Waals surface area contributed by atoms with E-state index in [1.54, 1.807) is 12.4 Å². The average molecular weight is 384 g/mol. The van der Waals surface area contributed by atoms with Gasteiger partial charge in [0.25, 0.3) is 0 Å². The summed E-state index contributed by atoms with van der Waals surface area (Å²) in [6.07, 6.45) is 1.69. The molecule has 0 aromatic carbocycles. The van der Waals surface area contributed by atoms with Gasteiger partial charge in [0, 0.05) is 19.0 Å². The molecule has 4 rings (SSSR count). The fourth-order valence-electron chi connectivity index (χ4n) is 3.36. The third-order valence-corrected chi connectivity index (χ3v) is 5.07. The second-order valence-electron chi connectivity index (χ2n) is 7.41. The monoisotopic (exact) mass is 384 g/mol. The lowest BCUT2D eigenvalue weighted by Crippen LogP contribution is -2.22. The van der Waals surface area contributed by atoms with E-state index in [0.717, 1.165) is 16.8 Å². The number of hydrogen-bond donors (Lipinski definition) is 1. The van der Waals surface area contributed by atoms with Gasteiger partial charge in [-0.3, -0.25) is 4.98 Å². The van der Waals surface area contributed by atoms with Gasteiger partial charge in [-0.15, -0.1) is 5.10 Å². The molecule has 0 aliphatic carbocycles. The number of rotatable bonds is 5. The van der Waals surface area contributed by atoms with Gasteiger partial charge in [-0.2, -0.15) is 5.10 Å². The highest BCUT2D eigenvalue weighted by Crippen LogP contribution is 2.29. The number of fused-ring (bicyclic) bond motifs is 1. The fourth-order valence-corrected chi connectivity index (χ4v) is 3.36. The molecule has 0 saturated carbocycles. The first-order valence-corrected chi connectivity index (χ1v) is 9.39. The van der Waals surface area contributed by atoms with Crippen molar-refractivity contribution in [1.29, 1.82) is 0 Å². The maximum absolute atomic E-state index is 12.9. The molecule has 0 radical (unpaired) electrons. The summed E-state index contributed by atoms with van der Waals surface area (Å²) in [5, 5.41) is 11.3. The molecule has 1 fully saturated rings. The topological polar surface area (TPSA) is 66.8 Å². The van der Waals surface area contributed by atoms with Crippen molar-refractivity contribution in [3.05, 3.63) is 42.2 Å². The molecule has 4 heterocycles. The smallest absolute Gasteiger partial charge is 0.243 e. The Labute approximate surface area is 162 Å². The molecular weight excluding hydrogens is 362 g/mol. The van der Waals surface area contributed by atoms with E-state index in [-0.39, 0.29) is 0 Å². The summed E-state index contributed by atoms with van der Waals surface area (Å²) in [4.78, 5) is 11.0. The van der Waals surface area contributed by atoms with Crippen molar-refractivity contribution in [2.24, 2.45) is 5.92 Å². The molecule has 1 aliphatic heterocycles. The summed E-state index contributed by atoms with van der Waals surface area (Å²) in [6.45, 7) is 5.15. The number of pyridine rings is 2. The molecule has 146 valence electrons. The van der Waals surface area contributed by atoms with Crippen molar-refractivity contribution in [3.63, 3.8) is 0 Å². The number of nitrogens with one attached hydrogen (secondary N) is 1. The largest absolute Gasteiger partial charge is 0.370 e. The van der Waals surface area contributed by atoms with Crippen LogP contribution in [0.5, 0.6) is 0 Å². The van der Waals surface area contributed by atoms with E-state index < -0.39 is 12.3 Å².